The van der Waals surface area contributed by atoms with Crippen molar-refractivity contribution in [2.45, 2.75) is 19.4 Å². The van der Waals surface area contributed by atoms with Crippen LogP contribution in [0.5, 0.6) is 0 Å². The molecule has 0 fully saturated rings. The molecule has 3 aromatic rings. The van der Waals surface area contributed by atoms with Crippen molar-refractivity contribution in [1.82, 2.24) is 15.4 Å². The molecule has 0 aliphatic rings. The number of hydrazine groups is 1. The molecule has 1 aromatic carbocycles. The highest BCUT2D eigenvalue weighted by Gasteiger charge is 2.15. The first-order chi connectivity index (χ1) is 9.78. The van der Waals surface area contributed by atoms with Crippen LogP contribution in [-0.2, 0) is 6.42 Å². The number of pyridine rings is 1. The number of fused-ring (bicyclic) bond motifs is 1. The Morgan fingerprint density at radius 2 is 2.20 bits per heavy atom. The van der Waals surface area contributed by atoms with E-state index in [0.717, 1.165) is 33.6 Å². The molecule has 2 aromatic heterocycles. The molecular weight excluding hydrogens is 268 g/mol. The lowest BCUT2D eigenvalue weighted by molar-refractivity contribution is 0.554. The maximum atomic E-state index is 5.76. The van der Waals surface area contributed by atoms with E-state index in [2.05, 4.69) is 32.9 Å². The summed E-state index contributed by atoms with van der Waals surface area (Å²) in [5.41, 5.74) is 6.11. The van der Waals surface area contributed by atoms with Gasteiger partial charge in [0.25, 0.3) is 0 Å². The molecule has 1 unspecified atom stereocenters. The summed E-state index contributed by atoms with van der Waals surface area (Å²) in [5.74, 6) is 5.76. The second-order valence-electron chi connectivity index (χ2n) is 4.72. The van der Waals surface area contributed by atoms with Gasteiger partial charge in [0, 0.05) is 29.1 Å². The van der Waals surface area contributed by atoms with Crippen molar-refractivity contribution < 1.29 is 0 Å². The molecule has 1 atom stereocenters. The van der Waals surface area contributed by atoms with Crippen LogP contribution in [0.2, 0.25) is 0 Å². The molecule has 20 heavy (non-hydrogen) atoms. The van der Waals surface area contributed by atoms with E-state index in [1.54, 1.807) is 17.5 Å². The second-order valence-corrected chi connectivity index (χ2v) is 5.67. The predicted octanol–water partition coefficient (Wildman–Crippen LogP) is 2.75. The fourth-order valence-electron chi connectivity index (χ4n) is 2.36. The maximum Gasteiger partial charge on any atom is 0.0947 e. The highest BCUT2D eigenvalue weighted by Crippen LogP contribution is 2.26. The molecule has 0 saturated carbocycles. The van der Waals surface area contributed by atoms with Crippen molar-refractivity contribution in [2.24, 2.45) is 5.84 Å². The van der Waals surface area contributed by atoms with E-state index in [0.29, 0.717) is 0 Å². The third-order valence-corrected chi connectivity index (χ3v) is 4.29. The highest BCUT2D eigenvalue weighted by molar-refractivity contribution is 7.09. The minimum Gasteiger partial charge on any atom is -0.271 e. The van der Waals surface area contributed by atoms with Gasteiger partial charge in [-0.15, -0.1) is 11.3 Å². The first kappa shape index (κ1) is 13.2. The van der Waals surface area contributed by atoms with E-state index >= 15 is 0 Å². The number of nitrogens with one attached hydrogen (secondary N) is 1. The van der Waals surface area contributed by atoms with Gasteiger partial charge in [-0.1, -0.05) is 18.2 Å². The molecule has 0 aliphatic heterocycles. The Balaban J connectivity index is 1.98. The summed E-state index contributed by atoms with van der Waals surface area (Å²) in [6.07, 6.45) is 2.59. The van der Waals surface area contributed by atoms with Crippen LogP contribution >= 0.6 is 11.3 Å². The molecule has 2 heterocycles. The number of nitrogens with two attached hydrogens (primary N) is 1. The van der Waals surface area contributed by atoms with Gasteiger partial charge >= 0.3 is 0 Å². The molecule has 0 amide bonds. The van der Waals surface area contributed by atoms with Crippen molar-refractivity contribution in [1.29, 1.82) is 0 Å². The Bertz CT molecular complexity index is 717. The molecule has 3 N–H and O–H groups in total. The average Bonchev–Trinajstić information content (AvgIpc) is 2.89. The quantitative estimate of drug-likeness (QED) is 0.571. The Morgan fingerprint density at radius 1 is 1.30 bits per heavy atom. The number of thiazole rings is 1. The van der Waals surface area contributed by atoms with Crippen LogP contribution in [0.4, 0.5) is 0 Å². The van der Waals surface area contributed by atoms with Crippen LogP contribution in [-0.4, -0.2) is 9.97 Å². The van der Waals surface area contributed by atoms with Gasteiger partial charge in [-0.05, 0) is 24.6 Å². The van der Waals surface area contributed by atoms with Crippen LogP contribution < -0.4 is 11.3 Å². The predicted molar refractivity (Wildman–Crippen MR) is 82.4 cm³/mol. The Hall–Kier alpha value is -1.82. The van der Waals surface area contributed by atoms with Crippen molar-refractivity contribution >= 4 is 22.2 Å². The minimum absolute atomic E-state index is 0.0356. The maximum absolute atomic E-state index is 5.76. The van der Waals surface area contributed by atoms with E-state index in [1.165, 1.54) is 0 Å². The molecule has 0 bridgehead atoms. The van der Waals surface area contributed by atoms with Gasteiger partial charge in [-0.25, -0.2) is 4.98 Å². The summed E-state index contributed by atoms with van der Waals surface area (Å²) in [5, 5.41) is 4.28. The van der Waals surface area contributed by atoms with Crippen LogP contribution in [0.1, 0.15) is 22.3 Å². The summed E-state index contributed by atoms with van der Waals surface area (Å²) in [4.78, 5) is 8.90. The van der Waals surface area contributed by atoms with Crippen LogP contribution in [0, 0.1) is 6.92 Å². The van der Waals surface area contributed by atoms with Gasteiger partial charge in [-0.2, -0.15) is 0 Å². The largest absolute Gasteiger partial charge is 0.271 e. The van der Waals surface area contributed by atoms with Crippen LogP contribution in [0.25, 0.3) is 10.9 Å². The molecule has 102 valence electrons. The number of benzene rings is 1. The Morgan fingerprint density at radius 3 is 2.95 bits per heavy atom. The fourth-order valence-corrected chi connectivity index (χ4v) is 3.18. The molecule has 0 radical (unpaired) electrons. The smallest absolute Gasteiger partial charge is 0.0947 e. The molecule has 4 nitrogen and oxygen atoms in total. The summed E-state index contributed by atoms with van der Waals surface area (Å²) < 4.78 is 0. The number of aromatic nitrogens is 2. The van der Waals surface area contributed by atoms with Crippen molar-refractivity contribution in [3.63, 3.8) is 0 Å². The third-order valence-electron chi connectivity index (χ3n) is 3.30. The first-order valence-corrected chi connectivity index (χ1v) is 7.36. The fraction of sp³-hybridized carbons (Fsp3) is 0.200. The zero-order valence-corrected chi connectivity index (χ0v) is 12.0. The zero-order chi connectivity index (χ0) is 13.9. The normalized spacial score (nSPS) is 12.7. The minimum atomic E-state index is 0.0356. The number of hydrogen-bond donors (Lipinski definition) is 2. The van der Waals surface area contributed by atoms with Crippen molar-refractivity contribution in [3.05, 3.63) is 58.2 Å². The van der Waals surface area contributed by atoms with Crippen molar-refractivity contribution in [2.75, 3.05) is 0 Å². The monoisotopic (exact) mass is 284 g/mol. The van der Waals surface area contributed by atoms with Gasteiger partial charge in [0.05, 0.1) is 16.6 Å². The van der Waals surface area contributed by atoms with Crippen LogP contribution in [0.15, 0.2) is 41.9 Å². The number of nitrogens with zero attached hydrogens (tertiary/aromatic N) is 2. The molecule has 5 heteroatoms. The summed E-state index contributed by atoms with van der Waals surface area (Å²) >= 11 is 1.67. The molecule has 0 aliphatic carbocycles. The number of rotatable bonds is 4. The van der Waals surface area contributed by atoms with Crippen molar-refractivity contribution in [3.8, 4) is 0 Å². The standard InChI is InChI=1S/C15H16N4S/c1-10-9-20-15(18-10)8-14(19-16)12-4-2-6-13-11(12)5-3-7-17-13/h2-7,9,14,19H,8,16H2,1H3. The average molecular weight is 284 g/mol. The third kappa shape index (κ3) is 2.56. The summed E-state index contributed by atoms with van der Waals surface area (Å²) in [7, 11) is 0. The molecular formula is C15H16N4S. The van der Waals surface area contributed by atoms with Gasteiger partial charge in [0.1, 0.15) is 0 Å². The molecule has 0 spiro atoms. The van der Waals surface area contributed by atoms with Crippen LogP contribution in [0.3, 0.4) is 0 Å². The van der Waals surface area contributed by atoms with Gasteiger partial charge in [0.15, 0.2) is 0 Å². The van der Waals surface area contributed by atoms with E-state index in [4.69, 9.17) is 5.84 Å². The van der Waals surface area contributed by atoms with E-state index < -0.39 is 0 Å². The number of aryl methyl sites for hydroxylation is 1. The Labute approximate surface area is 121 Å². The SMILES string of the molecule is Cc1csc(CC(NN)c2cccc3ncccc23)n1. The van der Waals surface area contributed by atoms with E-state index in [-0.39, 0.29) is 6.04 Å². The van der Waals surface area contributed by atoms with E-state index in [9.17, 15) is 0 Å². The first-order valence-electron chi connectivity index (χ1n) is 6.48. The Kier molecular flexibility index (Phi) is 3.73. The van der Waals surface area contributed by atoms with Gasteiger partial charge in [-0.3, -0.25) is 16.3 Å². The summed E-state index contributed by atoms with van der Waals surface area (Å²) in [6.45, 7) is 2.01. The molecule has 0 saturated heterocycles. The van der Waals surface area contributed by atoms with Gasteiger partial charge < -0.3 is 0 Å². The van der Waals surface area contributed by atoms with E-state index in [1.807, 2.05) is 25.1 Å². The van der Waals surface area contributed by atoms with Gasteiger partial charge in [0.2, 0.25) is 0 Å². The second kappa shape index (κ2) is 5.66. The topological polar surface area (TPSA) is 63.8 Å². The lowest BCUT2D eigenvalue weighted by Crippen LogP contribution is -2.29. The summed E-state index contributed by atoms with van der Waals surface area (Å²) in [6, 6.07) is 10.2. The lowest BCUT2D eigenvalue weighted by Gasteiger charge is -2.17. The lowest BCUT2D eigenvalue weighted by atomic mass is 9.99. The highest BCUT2D eigenvalue weighted by atomic mass is 32.1. The zero-order valence-electron chi connectivity index (χ0n) is 11.2. The molecule has 3 rings (SSSR count). The number of hydrogen-bond acceptors (Lipinski definition) is 5.